The highest BCUT2D eigenvalue weighted by Gasteiger charge is 2.20. The van der Waals surface area contributed by atoms with Crippen molar-refractivity contribution in [3.8, 4) is 0 Å². The average molecular weight is 376 g/mol. The largest absolute Gasteiger partial charge is 0.368 e. The summed E-state index contributed by atoms with van der Waals surface area (Å²) < 4.78 is 13.0. The van der Waals surface area contributed by atoms with Gasteiger partial charge in [0.2, 0.25) is 5.91 Å². The molecule has 1 aliphatic rings. The Morgan fingerprint density at radius 3 is 2.31 bits per heavy atom. The smallest absolute Gasteiger partial charge is 0.223 e. The number of carbonyl (C=O) groups is 1. The standard InChI is InChI=1S/C20H23ClFN3O/c21-17-3-1-16(2-4-17)15-23-10-9-20(26)25-13-11-24(12-14-25)19-7-5-18(22)6-8-19/h1-8,23H,9-15H2. The summed E-state index contributed by atoms with van der Waals surface area (Å²) in [6.07, 6.45) is 0.490. The molecule has 26 heavy (non-hydrogen) atoms. The normalized spacial score (nSPS) is 14.5. The van der Waals surface area contributed by atoms with E-state index >= 15 is 0 Å². The van der Waals surface area contributed by atoms with Crippen molar-refractivity contribution in [2.24, 2.45) is 0 Å². The first-order valence-corrected chi connectivity index (χ1v) is 9.23. The molecule has 0 saturated carbocycles. The lowest BCUT2D eigenvalue weighted by atomic mass is 10.2. The number of nitrogens with one attached hydrogen (secondary N) is 1. The molecule has 0 aliphatic carbocycles. The maximum Gasteiger partial charge on any atom is 0.223 e. The molecule has 0 radical (unpaired) electrons. The van der Waals surface area contributed by atoms with E-state index in [2.05, 4.69) is 10.2 Å². The number of piperazine rings is 1. The number of hydrogen-bond acceptors (Lipinski definition) is 3. The van der Waals surface area contributed by atoms with Crippen molar-refractivity contribution in [3.05, 3.63) is 64.9 Å². The van der Waals surface area contributed by atoms with Crippen molar-refractivity contribution >= 4 is 23.2 Å². The van der Waals surface area contributed by atoms with Crippen LogP contribution in [-0.2, 0) is 11.3 Å². The lowest BCUT2D eigenvalue weighted by Gasteiger charge is -2.36. The monoisotopic (exact) mass is 375 g/mol. The Kier molecular flexibility index (Phi) is 6.47. The van der Waals surface area contributed by atoms with E-state index in [0.29, 0.717) is 26.1 Å². The Hall–Kier alpha value is -2.11. The van der Waals surface area contributed by atoms with Crippen LogP contribution in [0, 0.1) is 5.82 Å². The van der Waals surface area contributed by atoms with Gasteiger partial charge in [-0.15, -0.1) is 0 Å². The number of rotatable bonds is 6. The molecule has 3 rings (SSSR count). The summed E-state index contributed by atoms with van der Waals surface area (Å²) in [7, 11) is 0. The minimum Gasteiger partial charge on any atom is -0.368 e. The summed E-state index contributed by atoms with van der Waals surface area (Å²) in [6.45, 7) is 4.33. The molecule has 1 fully saturated rings. The van der Waals surface area contributed by atoms with Crippen LogP contribution in [0.15, 0.2) is 48.5 Å². The molecule has 4 nitrogen and oxygen atoms in total. The van der Waals surface area contributed by atoms with Crippen LogP contribution in [0.1, 0.15) is 12.0 Å². The highest BCUT2D eigenvalue weighted by Crippen LogP contribution is 2.17. The van der Waals surface area contributed by atoms with Gasteiger partial charge in [0.1, 0.15) is 5.82 Å². The van der Waals surface area contributed by atoms with Crippen molar-refractivity contribution in [2.45, 2.75) is 13.0 Å². The number of hydrogen-bond donors (Lipinski definition) is 1. The second-order valence-corrected chi connectivity index (χ2v) is 6.83. The molecule has 2 aromatic carbocycles. The summed E-state index contributed by atoms with van der Waals surface area (Å²) in [4.78, 5) is 16.4. The Balaban J connectivity index is 1.37. The van der Waals surface area contributed by atoms with Gasteiger partial charge >= 0.3 is 0 Å². The molecule has 0 spiro atoms. The highest BCUT2D eigenvalue weighted by atomic mass is 35.5. The summed E-state index contributed by atoms with van der Waals surface area (Å²) in [6, 6.07) is 14.2. The van der Waals surface area contributed by atoms with E-state index in [1.54, 1.807) is 12.1 Å². The topological polar surface area (TPSA) is 35.6 Å². The van der Waals surface area contributed by atoms with E-state index in [0.717, 1.165) is 35.9 Å². The lowest BCUT2D eigenvalue weighted by Crippen LogP contribution is -2.49. The lowest BCUT2D eigenvalue weighted by molar-refractivity contribution is -0.131. The van der Waals surface area contributed by atoms with Gasteiger partial charge in [-0.25, -0.2) is 4.39 Å². The quantitative estimate of drug-likeness (QED) is 0.787. The van der Waals surface area contributed by atoms with Crippen molar-refractivity contribution < 1.29 is 9.18 Å². The molecule has 1 saturated heterocycles. The van der Waals surface area contributed by atoms with Crippen LogP contribution in [0.2, 0.25) is 5.02 Å². The van der Waals surface area contributed by atoms with Crippen molar-refractivity contribution in [2.75, 3.05) is 37.6 Å². The van der Waals surface area contributed by atoms with Crippen LogP contribution in [-0.4, -0.2) is 43.5 Å². The Morgan fingerprint density at radius 1 is 1.00 bits per heavy atom. The molecule has 1 heterocycles. The fourth-order valence-corrected chi connectivity index (χ4v) is 3.18. The second-order valence-electron chi connectivity index (χ2n) is 6.40. The van der Waals surface area contributed by atoms with Crippen LogP contribution in [0.25, 0.3) is 0 Å². The molecule has 1 N–H and O–H groups in total. The van der Waals surface area contributed by atoms with E-state index in [1.165, 1.54) is 12.1 Å². The van der Waals surface area contributed by atoms with Gasteiger partial charge in [0.15, 0.2) is 0 Å². The first kappa shape index (κ1) is 18.7. The van der Waals surface area contributed by atoms with Gasteiger partial charge in [-0.2, -0.15) is 0 Å². The number of anilines is 1. The first-order valence-electron chi connectivity index (χ1n) is 8.85. The van der Waals surface area contributed by atoms with Crippen molar-refractivity contribution in [1.29, 1.82) is 0 Å². The van der Waals surface area contributed by atoms with Crippen LogP contribution >= 0.6 is 11.6 Å². The fraction of sp³-hybridized carbons (Fsp3) is 0.350. The van der Waals surface area contributed by atoms with E-state index in [9.17, 15) is 9.18 Å². The molecule has 138 valence electrons. The average Bonchev–Trinajstić information content (AvgIpc) is 2.67. The molecular weight excluding hydrogens is 353 g/mol. The fourth-order valence-electron chi connectivity index (χ4n) is 3.05. The van der Waals surface area contributed by atoms with E-state index in [1.807, 2.05) is 29.2 Å². The van der Waals surface area contributed by atoms with Crippen LogP contribution in [0.3, 0.4) is 0 Å². The molecule has 6 heteroatoms. The first-order chi connectivity index (χ1) is 12.6. The number of nitrogens with zero attached hydrogens (tertiary/aromatic N) is 2. The molecule has 1 amide bonds. The molecule has 0 unspecified atom stereocenters. The maximum absolute atomic E-state index is 13.0. The number of amides is 1. The molecule has 2 aromatic rings. The predicted molar refractivity (Wildman–Crippen MR) is 103 cm³/mol. The van der Waals surface area contributed by atoms with E-state index in [4.69, 9.17) is 11.6 Å². The van der Waals surface area contributed by atoms with E-state index in [-0.39, 0.29) is 11.7 Å². The van der Waals surface area contributed by atoms with Gasteiger partial charge in [0.05, 0.1) is 0 Å². The summed E-state index contributed by atoms with van der Waals surface area (Å²) in [5.74, 6) is -0.0546. The number of halogens is 2. The van der Waals surface area contributed by atoms with Crippen molar-refractivity contribution in [1.82, 2.24) is 10.2 Å². The zero-order valence-corrected chi connectivity index (χ0v) is 15.4. The van der Waals surface area contributed by atoms with Gasteiger partial charge < -0.3 is 15.1 Å². The van der Waals surface area contributed by atoms with Gasteiger partial charge in [-0.1, -0.05) is 23.7 Å². The predicted octanol–water partition coefficient (Wildman–Crippen LogP) is 3.31. The van der Waals surface area contributed by atoms with E-state index < -0.39 is 0 Å². The minimum absolute atomic E-state index is 0.173. The van der Waals surface area contributed by atoms with Crippen LogP contribution in [0.4, 0.5) is 10.1 Å². The van der Waals surface area contributed by atoms with Gasteiger partial charge in [-0.3, -0.25) is 4.79 Å². The summed E-state index contributed by atoms with van der Waals surface area (Å²) >= 11 is 5.87. The zero-order valence-electron chi connectivity index (χ0n) is 14.6. The Labute approximate surface area is 158 Å². The third-order valence-corrected chi connectivity index (χ3v) is 4.83. The summed E-state index contributed by atoms with van der Waals surface area (Å²) in [5.41, 5.74) is 2.15. The van der Waals surface area contributed by atoms with Crippen LogP contribution < -0.4 is 10.2 Å². The number of carbonyl (C=O) groups excluding carboxylic acids is 1. The molecular formula is C20H23ClFN3O. The highest BCUT2D eigenvalue weighted by molar-refractivity contribution is 6.30. The number of benzene rings is 2. The molecule has 0 atom stereocenters. The Morgan fingerprint density at radius 2 is 1.65 bits per heavy atom. The van der Waals surface area contributed by atoms with Crippen LogP contribution in [0.5, 0.6) is 0 Å². The third kappa shape index (κ3) is 5.19. The minimum atomic E-state index is -0.228. The SMILES string of the molecule is O=C(CCNCc1ccc(Cl)cc1)N1CCN(c2ccc(F)cc2)CC1. The molecule has 0 aromatic heterocycles. The molecule has 1 aliphatic heterocycles. The van der Waals surface area contributed by atoms with Gasteiger partial charge in [-0.05, 0) is 42.0 Å². The second kappa shape index (κ2) is 9.01. The maximum atomic E-state index is 13.0. The summed E-state index contributed by atoms with van der Waals surface area (Å²) in [5, 5.41) is 4.02. The molecule has 0 bridgehead atoms. The zero-order chi connectivity index (χ0) is 18.4. The van der Waals surface area contributed by atoms with Gasteiger partial charge in [0, 0.05) is 56.4 Å². The Bertz CT molecular complexity index is 713. The third-order valence-electron chi connectivity index (χ3n) is 4.58. The van der Waals surface area contributed by atoms with Gasteiger partial charge in [0.25, 0.3) is 0 Å². The van der Waals surface area contributed by atoms with Crippen molar-refractivity contribution in [3.63, 3.8) is 0 Å².